The summed E-state index contributed by atoms with van der Waals surface area (Å²) >= 11 is 7.93. The maximum absolute atomic E-state index is 12.6. The van der Waals surface area contributed by atoms with E-state index in [-0.39, 0.29) is 5.91 Å². The van der Waals surface area contributed by atoms with Crippen LogP contribution in [0.4, 0.5) is 0 Å². The van der Waals surface area contributed by atoms with Gasteiger partial charge in [0, 0.05) is 17.6 Å². The van der Waals surface area contributed by atoms with Crippen LogP contribution >= 0.6 is 23.4 Å². The van der Waals surface area contributed by atoms with E-state index in [2.05, 4.69) is 27.0 Å². The van der Waals surface area contributed by atoms with Crippen LogP contribution in [0.1, 0.15) is 64.3 Å². The Bertz CT molecular complexity index is 849. The number of nitrogens with one attached hydrogen (secondary N) is 1. The summed E-state index contributed by atoms with van der Waals surface area (Å²) in [5.74, 6) is 1.84. The van der Waals surface area contributed by atoms with Crippen molar-refractivity contribution in [2.45, 2.75) is 75.5 Å². The molecule has 2 aliphatic carbocycles. The first-order chi connectivity index (χ1) is 14.1. The van der Waals surface area contributed by atoms with Crippen LogP contribution in [0.5, 0.6) is 0 Å². The van der Waals surface area contributed by atoms with Crippen molar-refractivity contribution in [1.82, 2.24) is 20.1 Å². The van der Waals surface area contributed by atoms with Gasteiger partial charge in [-0.05, 0) is 43.7 Å². The minimum Gasteiger partial charge on any atom is -0.352 e. The van der Waals surface area contributed by atoms with Crippen LogP contribution in [0.25, 0.3) is 11.4 Å². The second-order valence-electron chi connectivity index (χ2n) is 8.32. The van der Waals surface area contributed by atoms with Crippen molar-refractivity contribution in [3.8, 4) is 11.4 Å². The van der Waals surface area contributed by atoms with Crippen molar-refractivity contribution in [3.05, 3.63) is 29.3 Å². The highest BCUT2D eigenvalue weighted by molar-refractivity contribution is 7.99. The molecule has 1 heterocycles. The number of nitrogens with zero attached hydrogens (tertiary/aromatic N) is 3. The molecule has 0 aliphatic heterocycles. The average Bonchev–Trinajstić information content (AvgIpc) is 3.38. The summed E-state index contributed by atoms with van der Waals surface area (Å²) < 4.78 is 2.22. The third-order valence-corrected chi connectivity index (χ3v) is 7.53. The summed E-state index contributed by atoms with van der Waals surface area (Å²) in [7, 11) is 0. The van der Waals surface area contributed by atoms with E-state index < -0.39 is 0 Å². The van der Waals surface area contributed by atoms with Gasteiger partial charge in [0.2, 0.25) is 5.91 Å². The Hall–Kier alpha value is -1.53. The van der Waals surface area contributed by atoms with Gasteiger partial charge in [0.15, 0.2) is 11.0 Å². The van der Waals surface area contributed by atoms with Gasteiger partial charge >= 0.3 is 0 Å². The highest BCUT2D eigenvalue weighted by Crippen LogP contribution is 2.38. The third-order valence-electron chi connectivity index (χ3n) is 6.26. The zero-order valence-electron chi connectivity index (χ0n) is 16.9. The van der Waals surface area contributed by atoms with Crippen molar-refractivity contribution >= 4 is 29.3 Å². The number of rotatable bonds is 6. The molecule has 2 fully saturated rings. The maximum atomic E-state index is 12.6. The Morgan fingerprint density at radius 1 is 1.14 bits per heavy atom. The molecule has 2 unspecified atom stereocenters. The lowest BCUT2D eigenvalue weighted by molar-refractivity contribution is -0.119. The van der Waals surface area contributed by atoms with E-state index in [1.54, 1.807) is 0 Å². The summed E-state index contributed by atoms with van der Waals surface area (Å²) in [5.41, 5.74) is 0.904. The van der Waals surface area contributed by atoms with Crippen LogP contribution in [0.2, 0.25) is 5.02 Å². The number of hydrogen-bond donors (Lipinski definition) is 1. The normalized spacial score (nSPS) is 22.7. The predicted molar refractivity (Wildman–Crippen MR) is 118 cm³/mol. The Morgan fingerprint density at radius 2 is 1.86 bits per heavy atom. The first-order valence-corrected chi connectivity index (χ1v) is 12.1. The number of amides is 1. The van der Waals surface area contributed by atoms with E-state index >= 15 is 0 Å². The molecule has 4 rings (SSSR count). The van der Waals surface area contributed by atoms with Gasteiger partial charge in [-0.3, -0.25) is 9.36 Å². The molecule has 7 heteroatoms. The summed E-state index contributed by atoms with van der Waals surface area (Å²) in [4.78, 5) is 12.6. The second-order valence-corrected chi connectivity index (χ2v) is 9.67. The zero-order chi connectivity index (χ0) is 20.2. The fourth-order valence-corrected chi connectivity index (χ4v) is 5.64. The molecule has 29 heavy (non-hydrogen) atoms. The number of thioether (sulfide) groups is 1. The van der Waals surface area contributed by atoms with Gasteiger partial charge in [0.25, 0.3) is 0 Å². The third kappa shape index (κ3) is 4.80. The van der Waals surface area contributed by atoms with E-state index in [4.69, 9.17) is 11.6 Å². The van der Waals surface area contributed by atoms with E-state index in [1.165, 1.54) is 43.9 Å². The Balaban J connectivity index is 1.50. The smallest absolute Gasteiger partial charge is 0.230 e. The van der Waals surface area contributed by atoms with Crippen LogP contribution in [0.3, 0.4) is 0 Å². The van der Waals surface area contributed by atoms with Crippen LogP contribution in [-0.2, 0) is 4.79 Å². The molecule has 0 radical (unpaired) electrons. The lowest BCUT2D eigenvalue weighted by Crippen LogP contribution is -2.41. The molecule has 2 atom stereocenters. The Kier molecular flexibility index (Phi) is 6.81. The zero-order valence-corrected chi connectivity index (χ0v) is 18.5. The average molecular weight is 433 g/mol. The van der Waals surface area contributed by atoms with Crippen molar-refractivity contribution < 1.29 is 4.79 Å². The molecule has 5 nitrogen and oxygen atoms in total. The molecule has 2 saturated carbocycles. The highest BCUT2D eigenvalue weighted by atomic mass is 35.5. The maximum Gasteiger partial charge on any atom is 0.230 e. The molecule has 0 bridgehead atoms. The van der Waals surface area contributed by atoms with Gasteiger partial charge in [-0.1, -0.05) is 68.1 Å². The monoisotopic (exact) mass is 432 g/mol. The molecule has 1 aromatic carbocycles. The standard InChI is InChI=1S/C22H29ClN4OS/c1-15-8-2-7-13-19(15)24-20(28)14-29-22-26-25-21(17-11-5-6-12-18(17)23)27(22)16-9-3-4-10-16/h5-6,11-12,15-16,19H,2-4,7-10,13-14H2,1H3,(H,24,28). The van der Waals surface area contributed by atoms with E-state index in [9.17, 15) is 4.79 Å². The lowest BCUT2D eigenvalue weighted by atomic mass is 9.86. The SMILES string of the molecule is CC1CCCCC1NC(=O)CSc1nnc(-c2ccccc2Cl)n1C1CCCC1. The topological polar surface area (TPSA) is 59.8 Å². The van der Waals surface area contributed by atoms with Gasteiger partial charge in [-0.15, -0.1) is 10.2 Å². The number of benzene rings is 1. The number of aromatic nitrogens is 3. The van der Waals surface area contributed by atoms with Gasteiger partial charge in [-0.2, -0.15) is 0 Å². The lowest BCUT2D eigenvalue weighted by Gasteiger charge is -2.29. The van der Waals surface area contributed by atoms with Gasteiger partial charge < -0.3 is 5.32 Å². The summed E-state index contributed by atoms with van der Waals surface area (Å²) in [6.07, 6.45) is 9.45. The van der Waals surface area contributed by atoms with Crippen LogP contribution in [0.15, 0.2) is 29.4 Å². The molecule has 2 aromatic rings. The van der Waals surface area contributed by atoms with Crippen LogP contribution in [0, 0.1) is 5.92 Å². The van der Waals surface area contributed by atoms with E-state index in [0.29, 0.717) is 28.8 Å². The van der Waals surface area contributed by atoms with Crippen LogP contribution < -0.4 is 5.32 Å². The van der Waals surface area contributed by atoms with Crippen molar-refractivity contribution in [3.63, 3.8) is 0 Å². The predicted octanol–water partition coefficient (Wildman–Crippen LogP) is 5.50. The first kappa shape index (κ1) is 20.7. The Morgan fingerprint density at radius 3 is 2.62 bits per heavy atom. The number of halogens is 1. The summed E-state index contributed by atoms with van der Waals surface area (Å²) in [6.45, 7) is 2.24. The van der Waals surface area contributed by atoms with Gasteiger partial charge in [-0.25, -0.2) is 0 Å². The van der Waals surface area contributed by atoms with E-state index in [0.717, 1.165) is 35.8 Å². The van der Waals surface area contributed by atoms with Gasteiger partial charge in [0.05, 0.1) is 10.8 Å². The fourth-order valence-electron chi connectivity index (χ4n) is 4.60. The minimum atomic E-state index is 0.0917. The fraction of sp³-hybridized carbons (Fsp3) is 0.591. The van der Waals surface area contributed by atoms with E-state index in [1.807, 2.05) is 24.3 Å². The molecule has 1 amide bonds. The summed E-state index contributed by atoms with van der Waals surface area (Å²) in [5, 5.41) is 13.7. The molecule has 2 aliphatic rings. The van der Waals surface area contributed by atoms with Crippen LogP contribution in [-0.4, -0.2) is 32.5 Å². The summed E-state index contributed by atoms with van der Waals surface area (Å²) in [6, 6.07) is 8.46. The van der Waals surface area contributed by atoms with Crippen molar-refractivity contribution in [1.29, 1.82) is 0 Å². The van der Waals surface area contributed by atoms with Crippen molar-refractivity contribution in [2.24, 2.45) is 5.92 Å². The highest BCUT2D eigenvalue weighted by Gasteiger charge is 2.27. The minimum absolute atomic E-state index is 0.0917. The first-order valence-electron chi connectivity index (χ1n) is 10.8. The Labute approximate surface area is 182 Å². The molecule has 1 aromatic heterocycles. The second kappa shape index (κ2) is 9.52. The largest absolute Gasteiger partial charge is 0.352 e. The molecular formula is C22H29ClN4OS. The quantitative estimate of drug-likeness (QED) is 0.612. The molecule has 156 valence electrons. The molecule has 0 spiro atoms. The molecule has 0 saturated heterocycles. The van der Waals surface area contributed by atoms with Crippen molar-refractivity contribution in [2.75, 3.05) is 5.75 Å². The molecular weight excluding hydrogens is 404 g/mol. The number of carbonyl (C=O) groups is 1. The number of hydrogen-bond acceptors (Lipinski definition) is 4. The number of carbonyl (C=O) groups excluding carboxylic acids is 1. The molecule has 1 N–H and O–H groups in total. The van der Waals surface area contributed by atoms with Gasteiger partial charge in [0.1, 0.15) is 0 Å².